The predicted octanol–water partition coefficient (Wildman–Crippen LogP) is 3.63. The summed E-state index contributed by atoms with van der Waals surface area (Å²) in [5.41, 5.74) is 3.02. The van der Waals surface area contributed by atoms with E-state index in [9.17, 15) is 13.2 Å². The quantitative estimate of drug-likeness (QED) is 0.768. The first-order valence-electron chi connectivity index (χ1n) is 8.00. The molecule has 0 aliphatic carbocycles. The molecule has 2 aromatic carbocycles. The maximum atomic E-state index is 12.4. The average Bonchev–Trinajstić information content (AvgIpc) is 2.59. The van der Waals surface area contributed by atoms with Gasteiger partial charge in [0.05, 0.1) is 10.9 Å². The molecule has 0 aliphatic rings. The van der Waals surface area contributed by atoms with E-state index in [0.29, 0.717) is 0 Å². The van der Waals surface area contributed by atoms with Crippen molar-refractivity contribution in [2.45, 2.75) is 24.8 Å². The van der Waals surface area contributed by atoms with Crippen LogP contribution in [0.25, 0.3) is 6.08 Å². The van der Waals surface area contributed by atoms with Gasteiger partial charge in [-0.25, -0.2) is 8.42 Å². The number of carbonyl (C=O) groups excluding carboxylic acids is 1. The van der Waals surface area contributed by atoms with Crippen molar-refractivity contribution in [1.82, 2.24) is 4.90 Å². The summed E-state index contributed by atoms with van der Waals surface area (Å²) in [6.07, 6.45) is 4.51. The molecule has 132 valence electrons. The van der Waals surface area contributed by atoms with Crippen molar-refractivity contribution >= 4 is 21.8 Å². The van der Waals surface area contributed by atoms with Crippen molar-refractivity contribution in [2.24, 2.45) is 0 Å². The molecular weight excluding hydrogens is 334 g/mol. The molecule has 0 heterocycles. The van der Waals surface area contributed by atoms with E-state index in [2.05, 4.69) is 0 Å². The van der Waals surface area contributed by atoms with Crippen molar-refractivity contribution in [2.75, 3.05) is 13.3 Å². The molecule has 25 heavy (non-hydrogen) atoms. The Labute approximate surface area is 149 Å². The number of amides is 1. The van der Waals surface area contributed by atoms with Crippen LogP contribution < -0.4 is 0 Å². The second-order valence-electron chi connectivity index (χ2n) is 6.21. The molecule has 2 rings (SSSR count). The molecular formula is C20H23NO3S. The Morgan fingerprint density at radius 3 is 2.12 bits per heavy atom. The van der Waals surface area contributed by atoms with E-state index < -0.39 is 9.84 Å². The minimum atomic E-state index is -3.22. The van der Waals surface area contributed by atoms with Crippen molar-refractivity contribution in [3.63, 3.8) is 0 Å². The van der Waals surface area contributed by atoms with Crippen LogP contribution in [0.3, 0.4) is 0 Å². The summed E-state index contributed by atoms with van der Waals surface area (Å²) in [6, 6.07) is 14.4. The lowest BCUT2D eigenvalue weighted by Gasteiger charge is -2.24. The zero-order valence-corrected chi connectivity index (χ0v) is 15.7. The molecule has 0 radical (unpaired) electrons. The number of likely N-dealkylation sites (N-methyl/N-ethyl adjacent to an activating group) is 1. The zero-order valence-electron chi connectivity index (χ0n) is 14.9. The predicted molar refractivity (Wildman–Crippen MR) is 101 cm³/mol. The van der Waals surface area contributed by atoms with E-state index in [-0.39, 0.29) is 16.8 Å². The number of sulfone groups is 1. The highest BCUT2D eigenvalue weighted by molar-refractivity contribution is 7.90. The standard InChI is InChI=1S/C20H23NO3S/c1-15-5-7-17(8-6-15)9-14-20(22)21(3)16(2)18-10-12-19(13-11-18)25(4,23)24/h5-14,16H,1-4H3/b14-9+. The van der Waals surface area contributed by atoms with E-state index in [4.69, 9.17) is 0 Å². The first kappa shape index (κ1) is 18.9. The lowest BCUT2D eigenvalue weighted by atomic mass is 10.1. The van der Waals surface area contributed by atoms with Gasteiger partial charge in [0.2, 0.25) is 5.91 Å². The molecule has 0 saturated heterocycles. The van der Waals surface area contributed by atoms with Gasteiger partial charge < -0.3 is 4.90 Å². The summed E-state index contributed by atoms with van der Waals surface area (Å²) in [6.45, 7) is 3.93. The van der Waals surface area contributed by atoms with Crippen LogP contribution in [0.5, 0.6) is 0 Å². The van der Waals surface area contributed by atoms with Crippen LogP contribution in [-0.2, 0) is 14.6 Å². The number of nitrogens with zero attached hydrogens (tertiary/aromatic N) is 1. The van der Waals surface area contributed by atoms with E-state index in [1.54, 1.807) is 48.4 Å². The second kappa shape index (κ2) is 7.66. The van der Waals surface area contributed by atoms with Crippen molar-refractivity contribution in [3.05, 3.63) is 71.3 Å². The molecule has 0 aromatic heterocycles. The summed E-state index contributed by atoms with van der Waals surface area (Å²) in [5.74, 6) is -0.111. The van der Waals surface area contributed by atoms with Crippen LogP contribution in [0.15, 0.2) is 59.5 Å². The fraction of sp³-hybridized carbons (Fsp3) is 0.250. The van der Waals surface area contributed by atoms with E-state index >= 15 is 0 Å². The van der Waals surface area contributed by atoms with Gasteiger partial charge in [-0.15, -0.1) is 0 Å². The molecule has 2 aromatic rings. The fourth-order valence-corrected chi connectivity index (χ4v) is 3.00. The van der Waals surface area contributed by atoms with Gasteiger partial charge in [-0.3, -0.25) is 4.79 Å². The molecule has 4 nitrogen and oxygen atoms in total. The molecule has 1 atom stereocenters. The van der Waals surface area contributed by atoms with Gasteiger partial charge in [0, 0.05) is 19.4 Å². The van der Waals surface area contributed by atoms with E-state index in [0.717, 1.165) is 11.1 Å². The number of carbonyl (C=O) groups is 1. The highest BCUT2D eigenvalue weighted by Gasteiger charge is 2.16. The van der Waals surface area contributed by atoms with Crippen LogP contribution in [0, 0.1) is 6.92 Å². The maximum absolute atomic E-state index is 12.4. The third kappa shape index (κ3) is 5.03. The van der Waals surface area contributed by atoms with Gasteiger partial charge in [0.1, 0.15) is 0 Å². The monoisotopic (exact) mass is 357 g/mol. The zero-order chi connectivity index (χ0) is 18.6. The lowest BCUT2D eigenvalue weighted by Crippen LogP contribution is -2.28. The Balaban J connectivity index is 2.09. The van der Waals surface area contributed by atoms with Crippen LogP contribution >= 0.6 is 0 Å². The average molecular weight is 357 g/mol. The van der Waals surface area contributed by atoms with Gasteiger partial charge in [-0.2, -0.15) is 0 Å². The molecule has 0 saturated carbocycles. The second-order valence-corrected chi connectivity index (χ2v) is 8.23. The number of hydrogen-bond donors (Lipinski definition) is 0. The van der Waals surface area contributed by atoms with Crippen molar-refractivity contribution < 1.29 is 13.2 Å². The summed E-state index contributed by atoms with van der Waals surface area (Å²) < 4.78 is 23.0. The van der Waals surface area contributed by atoms with Gasteiger partial charge in [0.25, 0.3) is 0 Å². The maximum Gasteiger partial charge on any atom is 0.246 e. The van der Waals surface area contributed by atoms with Crippen LogP contribution in [0.1, 0.15) is 29.7 Å². The Kier molecular flexibility index (Phi) is 5.80. The minimum Gasteiger partial charge on any atom is -0.335 e. The number of rotatable bonds is 5. The Morgan fingerprint density at radius 1 is 1.04 bits per heavy atom. The lowest BCUT2D eigenvalue weighted by molar-refractivity contribution is -0.126. The molecule has 0 fully saturated rings. The third-order valence-electron chi connectivity index (χ3n) is 4.21. The molecule has 0 aliphatic heterocycles. The molecule has 0 spiro atoms. The molecule has 0 bridgehead atoms. The number of benzene rings is 2. The highest BCUT2D eigenvalue weighted by Crippen LogP contribution is 2.21. The Hall–Kier alpha value is -2.40. The Bertz CT molecular complexity index is 866. The summed E-state index contributed by atoms with van der Waals surface area (Å²) in [4.78, 5) is 14.3. The largest absolute Gasteiger partial charge is 0.335 e. The van der Waals surface area contributed by atoms with Gasteiger partial charge in [-0.1, -0.05) is 42.0 Å². The normalized spacial score (nSPS) is 13.0. The summed E-state index contributed by atoms with van der Waals surface area (Å²) >= 11 is 0. The number of aryl methyl sites for hydroxylation is 1. The first-order valence-corrected chi connectivity index (χ1v) is 9.89. The molecule has 1 amide bonds. The summed E-state index contributed by atoms with van der Waals surface area (Å²) in [5, 5.41) is 0. The van der Waals surface area contributed by atoms with E-state index in [1.165, 1.54) is 11.8 Å². The third-order valence-corrected chi connectivity index (χ3v) is 5.34. The smallest absolute Gasteiger partial charge is 0.246 e. The van der Waals surface area contributed by atoms with Crippen molar-refractivity contribution in [3.8, 4) is 0 Å². The minimum absolute atomic E-state index is 0.111. The Morgan fingerprint density at radius 2 is 1.60 bits per heavy atom. The van der Waals surface area contributed by atoms with Crippen molar-refractivity contribution in [1.29, 1.82) is 0 Å². The molecule has 5 heteroatoms. The first-order chi connectivity index (χ1) is 11.7. The molecule has 0 N–H and O–H groups in total. The topological polar surface area (TPSA) is 54.5 Å². The van der Waals surface area contributed by atoms with E-state index in [1.807, 2.05) is 38.1 Å². The SMILES string of the molecule is Cc1ccc(/C=C/C(=O)N(C)C(C)c2ccc(S(C)(=O)=O)cc2)cc1. The summed E-state index contributed by atoms with van der Waals surface area (Å²) in [7, 11) is -1.48. The van der Waals surface area contributed by atoms with Gasteiger partial charge >= 0.3 is 0 Å². The van der Waals surface area contributed by atoms with Gasteiger partial charge in [-0.05, 0) is 43.2 Å². The number of hydrogen-bond acceptors (Lipinski definition) is 3. The molecule has 1 unspecified atom stereocenters. The van der Waals surface area contributed by atoms with Crippen LogP contribution in [0.4, 0.5) is 0 Å². The van der Waals surface area contributed by atoms with Crippen LogP contribution in [-0.4, -0.2) is 32.5 Å². The van der Waals surface area contributed by atoms with Crippen LogP contribution in [0.2, 0.25) is 0 Å². The fourth-order valence-electron chi connectivity index (χ4n) is 2.37. The highest BCUT2D eigenvalue weighted by atomic mass is 32.2. The van der Waals surface area contributed by atoms with Gasteiger partial charge in [0.15, 0.2) is 9.84 Å².